The molecule has 0 aliphatic heterocycles. The van der Waals surface area contributed by atoms with E-state index in [-0.39, 0.29) is 11.5 Å². The number of nitrogens with zero attached hydrogens (tertiary/aromatic N) is 4. The van der Waals surface area contributed by atoms with E-state index >= 15 is 0 Å². The SMILES string of the molecule is Cc1cccc(COc2ccc(-n3c(=O)n(-c4cccc(NF)c4)c4ncnc(N)c43)cc2)c1. The van der Waals surface area contributed by atoms with E-state index in [1.54, 1.807) is 48.0 Å². The molecule has 5 aromatic rings. The summed E-state index contributed by atoms with van der Waals surface area (Å²) in [6.07, 6.45) is 1.29. The van der Waals surface area contributed by atoms with Gasteiger partial charge in [0.2, 0.25) is 0 Å². The number of fused-ring (bicyclic) bond motifs is 1. The van der Waals surface area contributed by atoms with Gasteiger partial charge in [-0.05, 0) is 55.0 Å². The van der Waals surface area contributed by atoms with Crippen molar-refractivity contribution < 1.29 is 9.22 Å². The molecule has 0 aliphatic carbocycles. The summed E-state index contributed by atoms with van der Waals surface area (Å²) >= 11 is 0. The number of imidazole rings is 1. The molecule has 0 saturated heterocycles. The van der Waals surface area contributed by atoms with Gasteiger partial charge in [-0.3, -0.25) is 4.57 Å². The van der Waals surface area contributed by atoms with E-state index in [0.29, 0.717) is 34.9 Å². The average molecular weight is 456 g/mol. The van der Waals surface area contributed by atoms with Gasteiger partial charge in [-0.25, -0.2) is 24.9 Å². The number of nitrogens with one attached hydrogen (secondary N) is 1. The zero-order valence-corrected chi connectivity index (χ0v) is 18.3. The second-order valence-electron chi connectivity index (χ2n) is 7.80. The van der Waals surface area contributed by atoms with Crippen LogP contribution in [0.1, 0.15) is 11.1 Å². The Morgan fingerprint density at radius 3 is 2.53 bits per heavy atom. The summed E-state index contributed by atoms with van der Waals surface area (Å²) in [5, 5.41) is 0. The molecule has 9 heteroatoms. The molecular formula is C25H21FN6O2. The molecule has 0 unspecified atom stereocenters. The van der Waals surface area contributed by atoms with Crippen molar-refractivity contribution in [1.29, 1.82) is 0 Å². The molecule has 3 aromatic carbocycles. The van der Waals surface area contributed by atoms with Gasteiger partial charge >= 0.3 is 5.69 Å². The van der Waals surface area contributed by atoms with Gasteiger partial charge in [0.05, 0.1) is 17.1 Å². The highest BCUT2D eigenvalue weighted by atomic mass is 19.2. The van der Waals surface area contributed by atoms with Gasteiger partial charge < -0.3 is 10.5 Å². The van der Waals surface area contributed by atoms with Crippen molar-refractivity contribution in [3.63, 3.8) is 0 Å². The Bertz CT molecular complexity index is 1540. The molecule has 0 saturated carbocycles. The molecule has 0 spiro atoms. The first-order valence-corrected chi connectivity index (χ1v) is 10.5. The molecule has 0 amide bonds. The average Bonchev–Trinajstić information content (AvgIpc) is 3.16. The van der Waals surface area contributed by atoms with Crippen LogP contribution in [0.15, 0.2) is 83.9 Å². The van der Waals surface area contributed by atoms with E-state index in [1.807, 2.05) is 25.1 Å². The summed E-state index contributed by atoms with van der Waals surface area (Å²) in [4.78, 5) is 21.9. The van der Waals surface area contributed by atoms with E-state index in [4.69, 9.17) is 10.5 Å². The maximum absolute atomic E-state index is 13.5. The maximum Gasteiger partial charge on any atom is 0.339 e. The van der Waals surface area contributed by atoms with Crippen LogP contribution in [0.5, 0.6) is 5.75 Å². The Kier molecular flexibility index (Phi) is 5.43. The van der Waals surface area contributed by atoms with Gasteiger partial charge in [0, 0.05) is 0 Å². The first kappa shape index (κ1) is 21.2. The first-order valence-electron chi connectivity index (χ1n) is 10.5. The molecule has 0 aliphatic rings. The predicted molar refractivity (Wildman–Crippen MR) is 129 cm³/mol. The number of ether oxygens (including phenoxy) is 1. The van der Waals surface area contributed by atoms with Crippen LogP contribution in [0.3, 0.4) is 0 Å². The molecule has 2 heterocycles. The minimum absolute atomic E-state index is 0.153. The number of hydrogen-bond donors (Lipinski definition) is 2. The summed E-state index contributed by atoms with van der Waals surface area (Å²) in [5.41, 5.74) is 11.5. The molecule has 3 N–H and O–H groups in total. The molecule has 0 atom stereocenters. The Balaban J connectivity index is 1.55. The molecule has 0 bridgehead atoms. The van der Waals surface area contributed by atoms with Crippen LogP contribution >= 0.6 is 0 Å². The van der Waals surface area contributed by atoms with Crippen molar-refractivity contribution in [2.24, 2.45) is 0 Å². The molecule has 5 rings (SSSR count). The highest BCUT2D eigenvalue weighted by molar-refractivity contribution is 5.85. The van der Waals surface area contributed by atoms with Gasteiger partial charge in [0.1, 0.15) is 24.2 Å². The lowest BCUT2D eigenvalue weighted by Crippen LogP contribution is -2.22. The Hall–Kier alpha value is -4.66. The number of halogens is 1. The Morgan fingerprint density at radius 1 is 0.971 bits per heavy atom. The van der Waals surface area contributed by atoms with Gasteiger partial charge in [0.15, 0.2) is 11.5 Å². The van der Waals surface area contributed by atoms with E-state index in [1.165, 1.54) is 27.1 Å². The third kappa shape index (κ3) is 3.83. The zero-order valence-electron chi connectivity index (χ0n) is 18.3. The third-order valence-electron chi connectivity index (χ3n) is 5.45. The molecule has 170 valence electrons. The lowest BCUT2D eigenvalue weighted by Gasteiger charge is -2.09. The van der Waals surface area contributed by atoms with Crippen LogP contribution in [0.25, 0.3) is 22.5 Å². The number of anilines is 2. The normalized spacial score (nSPS) is 11.0. The number of nitrogens with two attached hydrogens (primary N) is 1. The molecule has 0 fully saturated rings. The smallest absolute Gasteiger partial charge is 0.339 e. The van der Waals surface area contributed by atoms with Crippen LogP contribution < -0.4 is 21.7 Å². The number of aryl methyl sites for hydroxylation is 1. The van der Waals surface area contributed by atoms with Crippen molar-refractivity contribution in [2.75, 3.05) is 11.3 Å². The van der Waals surface area contributed by atoms with Crippen molar-refractivity contribution >= 4 is 22.7 Å². The monoisotopic (exact) mass is 456 g/mol. The number of hydrogen-bond acceptors (Lipinski definition) is 6. The number of rotatable bonds is 6. The summed E-state index contributed by atoms with van der Waals surface area (Å²) < 4.78 is 21.7. The van der Waals surface area contributed by atoms with Gasteiger partial charge in [-0.2, -0.15) is 0 Å². The predicted octanol–water partition coefficient (Wildman–Crippen LogP) is 4.34. The van der Waals surface area contributed by atoms with Crippen LogP contribution in [-0.4, -0.2) is 19.1 Å². The minimum atomic E-state index is -0.411. The largest absolute Gasteiger partial charge is 0.489 e. The molecule has 8 nitrogen and oxygen atoms in total. The topological polar surface area (TPSA) is 100.0 Å². The maximum atomic E-state index is 13.5. The highest BCUT2D eigenvalue weighted by Crippen LogP contribution is 2.25. The van der Waals surface area contributed by atoms with Gasteiger partial charge in [-0.15, -0.1) is 4.48 Å². The number of benzene rings is 3. The molecular weight excluding hydrogens is 435 g/mol. The molecule has 34 heavy (non-hydrogen) atoms. The second-order valence-corrected chi connectivity index (χ2v) is 7.80. The fourth-order valence-electron chi connectivity index (χ4n) is 3.88. The molecule has 2 aromatic heterocycles. The van der Waals surface area contributed by atoms with Gasteiger partial charge in [-0.1, -0.05) is 35.9 Å². The quantitative estimate of drug-likeness (QED) is 0.369. The first-order chi connectivity index (χ1) is 16.5. The van der Waals surface area contributed by atoms with Crippen molar-refractivity contribution in [1.82, 2.24) is 19.1 Å². The highest BCUT2D eigenvalue weighted by Gasteiger charge is 2.20. The van der Waals surface area contributed by atoms with Crippen LogP contribution in [-0.2, 0) is 6.61 Å². The van der Waals surface area contributed by atoms with Crippen molar-refractivity contribution in [3.8, 4) is 17.1 Å². The van der Waals surface area contributed by atoms with Crippen LogP contribution in [0, 0.1) is 6.92 Å². The fraction of sp³-hybridized carbons (Fsp3) is 0.0800. The Morgan fingerprint density at radius 2 is 1.76 bits per heavy atom. The summed E-state index contributed by atoms with van der Waals surface area (Å²) in [6, 6.07) is 21.6. The lowest BCUT2D eigenvalue weighted by molar-refractivity contribution is 0.306. The third-order valence-corrected chi connectivity index (χ3v) is 5.45. The van der Waals surface area contributed by atoms with Crippen molar-refractivity contribution in [3.05, 3.63) is 101 Å². The lowest BCUT2D eigenvalue weighted by atomic mass is 10.1. The summed E-state index contributed by atoms with van der Waals surface area (Å²) in [7, 11) is 0. The van der Waals surface area contributed by atoms with Crippen molar-refractivity contribution in [2.45, 2.75) is 13.5 Å². The Labute approximate surface area is 194 Å². The second kappa shape index (κ2) is 8.70. The van der Waals surface area contributed by atoms with Gasteiger partial charge in [0.25, 0.3) is 0 Å². The minimum Gasteiger partial charge on any atom is -0.489 e. The fourth-order valence-corrected chi connectivity index (χ4v) is 3.88. The van der Waals surface area contributed by atoms with E-state index in [2.05, 4.69) is 16.0 Å². The summed E-state index contributed by atoms with van der Waals surface area (Å²) in [6.45, 7) is 2.46. The van der Waals surface area contributed by atoms with E-state index < -0.39 is 5.69 Å². The van der Waals surface area contributed by atoms with Crippen LogP contribution in [0.2, 0.25) is 0 Å². The van der Waals surface area contributed by atoms with E-state index in [0.717, 1.165) is 5.56 Å². The molecule has 0 radical (unpaired) electrons. The standard InChI is InChI=1S/C25H21FN6O2/c1-16-4-2-5-17(12-16)14-34-21-10-8-19(9-11-21)31-22-23(27)28-15-29-24(22)32(25(31)33)20-7-3-6-18(13-20)30-26/h2-13,15,30H,14H2,1H3,(H2,27,28,29). The van der Waals surface area contributed by atoms with E-state index in [9.17, 15) is 9.28 Å². The number of nitrogen functional groups attached to an aromatic ring is 1. The zero-order chi connectivity index (χ0) is 23.7. The van der Waals surface area contributed by atoms with Crippen LogP contribution in [0.4, 0.5) is 16.0 Å². The number of aromatic nitrogens is 4. The summed E-state index contributed by atoms with van der Waals surface area (Å²) in [5.74, 6) is 0.813.